The van der Waals surface area contributed by atoms with E-state index in [0.717, 1.165) is 24.1 Å². The second-order valence-electron chi connectivity index (χ2n) is 9.01. The average molecular weight is 504 g/mol. The lowest BCUT2D eigenvalue weighted by molar-refractivity contribution is 0.194. The third kappa shape index (κ3) is 3.91. The van der Waals surface area contributed by atoms with Crippen LogP contribution < -0.4 is 10.1 Å². The van der Waals surface area contributed by atoms with E-state index in [4.69, 9.17) is 16.3 Å². The van der Waals surface area contributed by atoms with Crippen molar-refractivity contribution in [3.05, 3.63) is 99.1 Å². The zero-order chi connectivity index (χ0) is 23.9. The number of para-hydroxylation sites is 2. The number of fused-ring (bicyclic) bond motifs is 5. The van der Waals surface area contributed by atoms with Crippen LogP contribution in [0.3, 0.4) is 0 Å². The van der Waals surface area contributed by atoms with Crippen molar-refractivity contribution in [1.82, 2.24) is 9.47 Å². The monoisotopic (exact) mass is 503 g/mol. The van der Waals surface area contributed by atoms with Crippen molar-refractivity contribution in [3.63, 3.8) is 0 Å². The molecule has 2 aromatic carbocycles. The number of hydrogen-bond donors (Lipinski definition) is 1. The van der Waals surface area contributed by atoms with Gasteiger partial charge in [0.15, 0.2) is 0 Å². The van der Waals surface area contributed by atoms with Crippen molar-refractivity contribution in [2.24, 2.45) is 0 Å². The summed E-state index contributed by atoms with van der Waals surface area (Å²) in [6, 6.07) is 19.1. The number of ether oxygens (including phenoxy) is 1. The maximum atomic E-state index is 14.0. The molecule has 4 aromatic rings. The summed E-state index contributed by atoms with van der Waals surface area (Å²) in [4.78, 5) is 17.4. The van der Waals surface area contributed by atoms with Crippen LogP contribution in [-0.2, 0) is 19.4 Å². The van der Waals surface area contributed by atoms with E-state index >= 15 is 0 Å². The van der Waals surface area contributed by atoms with Gasteiger partial charge in [0.1, 0.15) is 10.8 Å². The SMILES string of the molecule is COc1ccccc1NC(=O)N1Cc2c(sc3c2CCCC3)-n2cccc2[C@@H]1c1ccc(Cl)cc1. The van der Waals surface area contributed by atoms with Gasteiger partial charge in [0, 0.05) is 21.7 Å². The molecule has 3 heterocycles. The highest BCUT2D eigenvalue weighted by Crippen LogP contribution is 2.44. The molecule has 1 aliphatic carbocycles. The Kier molecular flexibility index (Phi) is 5.78. The maximum Gasteiger partial charge on any atom is 0.323 e. The minimum Gasteiger partial charge on any atom is -0.495 e. The first kappa shape index (κ1) is 22.3. The number of benzene rings is 2. The average Bonchev–Trinajstić information content (AvgIpc) is 3.47. The number of nitrogens with zero attached hydrogens (tertiary/aromatic N) is 2. The van der Waals surface area contributed by atoms with Crippen LogP contribution in [0, 0.1) is 0 Å². The van der Waals surface area contributed by atoms with Gasteiger partial charge >= 0.3 is 6.03 Å². The number of thiophene rings is 1. The maximum absolute atomic E-state index is 14.0. The summed E-state index contributed by atoms with van der Waals surface area (Å²) < 4.78 is 7.78. The van der Waals surface area contributed by atoms with Gasteiger partial charge < -0.3 is 19.5 Å². The van der Waals surface area contributed by atoms with Gasteiger partial charge in [-0.3, -0.25) is 0 Å². The van der Waals surface area contributed by atoms with E-state index in [1.807, 2.05) is 64.8 Å². The largest absolute Gasteiger partial charge is 0.495 e. The van der Waals surface area contributed by atoms with E-state index < -0.39 is 0 Å². The first-order chi connectivity index (χ1) is 17.1. The van der Waals surface area contributed by atoms with Crippen molar-refractivity contribution in [1.29, 1.82) is 0 Å². The lowest BCUT2D eigenvalue weighted by atomic mass is 9.95. The summed E-state index contributed by atoms with van der Waals surface area (Å²) in [6.45, 7) is 0.539. The van der Waals surface area contributed by atoms with Gasteiger partial charge in [0.25, 0.3) is 0 Å². The molecular formula is C28H26ClN3O2S. The molecule has 1 atom stereocenters. The molecule has 0 saturated heterocycles. The third-order valence-electron chi connectivity index (χ3n) is 6.97. The Morgan fingerprint density at radius 2 is 1.83 bits per heavy atom. The van der Waals surface area contributed by atoms with Crippen molar-refractivity contribution in [2.45, 2.75) is 38.3 Å². The summed E-state index contributed by atoms with van der Waals surface area (Å²) in [5.41, 5.74) is 5.45. The number of aryl methyl sites for hydroxylation is 1. The van der Waals surface area contributed by atoms with Gasteiger partial charge in [0.05, 0.1) is 31.1 Å². The highest BCUT2D eigenvalue weighted by atomic mass is 35.5. The van der Waals surface area contributed by atoms with Crippen LogP contribution in [0.4, 0.5) is 10.5 Å². The van der Waals surface area contributed by atoms with Gasteiger partial charge in [-0.05, 0) is 73.2 Å². The lowest BCUT2D eigenvalue weighted by Crippen LogP contribution is -2.38. The Hall–Kier alpha value is -3.22. The smallest absolute Gasteiger partial charge is 0.323 e. The van der Waals surface area contributed by atoms with E-state index in [1.54, 1.807) is 7.11 Å². The van der Waals surface area contributed by atoms with Crippen molar-refractivity contribution in [2.75, 3.05) is 12.4 Å². The highest BCUT2D eigenvalue weighted by molar-refractivity contribution is 7.15. The molecule has 1 N–H and O–H groups in total. The summed E-state index contributed by atoms with van der Waals surface area (Å²) in [5.74, 6) is 0.635. The molecule has 0 unspecified atom stereocenters. The fourth-order valence-corrected chi connectivity index (χ4v) is 6.85. The third-order valence-corrected chi connectivity index (χ3v) is 8.56. The fourth-order valence-electron chi connectivity index (χ4n) is 5.32. The Labute approximate surface area is 213 Å². The molecule has 0 saturated carbocycles. The number of methoxy groups -OCH3 is 1. The molecule has 2 aliphatic rings. The molecule has 7 heteroatoms. The topological polar surface area (TPSA) is 46.5 Å². The molecule has 0 bridgehead atoms. The standard InChI is InChI=1S/C28H26ClN3O2S/c1-34-24-10-4-3-8-22(24)30-28(33)32-17-21-20-7-2-5-11-25(20)35-27(21)31-16-6-9-23(31)26(32)18-12-14-19(29)15-13-18/h3-4,6,8-10,12-16,26H,2,5,7,11,17H2,1H3,(H,30,33)/t26-/m0/s1. The predicted octanol–water partition coefficient (Wildman–Crippen LogP) is 7.22. The van der Waals surface area contributed by atoms with Crippen LogP contribution in [0.15, 0.2) is 66.9 Å². The summed E-state index contributed by atoms with van der Waals surface area (Å²) >= 11 is 8.11. The first-order valence-corrected chi connectivity index (χ1v) is 13.1. The summed E-state index contributed by atoms with van der Waals surface area (Å²) in [5, 5.41) is 5.04. The molecule has 2 amide bonds. The second-order valence-corrected chi connectivity index (χ2v) is 10.5. The summed E-state index contributed by atoms with van der Waals surface area (Å²) in [6.07, 6.45) is 6.75. The number of carbonyl (C=O) groups excluding carboxylic acids is 1. The van der Waals surface area contributed by atoms with E-state index in [1.165, 1.54) is 33.8 Å². The molecule has 2 aromatic heterocycles. The first-order valence-electron chi connectivity index (χ1n) is 11.9. The van der Waals surface area contributed by atoms with E-state index in [0.29, 0.717) is 23.0 Å². The van der Waals surface area contributed by atoms with E-state index in [-0.39, 0.29) is 12.1 Å². The molecule has 1 aliphatic heterocycles. The number of amides is 2. The van der Waals surface area contributed by atoms with Gasteiger partial charge in [-0.2, -0.15) is 0 Å². The lowest BCUT2D eigenvalue weighted by Gasteiger charge is -2.31. The molecule has 0 spiro atoms. The van der Waals surface area contributed by atoms with Crippen molar-refractivity contribution >= 4 is 34.7 Å². The second kappa shape index (κ2) is 9.10. The Morgan fingerprint density at radius 3 is 2.66 bits per heavy atom. The van der Waals surface area contributed by atoms with Gasteiger partial charge in [-0.25, -0.2) is 4.79 Å². The van der Waals surface area contributed by atoms with Crippen molar-refractivity contribution in [3.8, 4) is 10.8 Å². The molecule has 5 nitrogen and oxygen atoms in total. The number of carbonyl (C=O) groups is 1. The quantitative estimate of drug-likeness (QED) is 0.321. The van der Waals surface area contributed by atoms with E-state index in [9.17, 15) is 4.79 Å². The van der Waals surface area contributed by atoms with Gasteiger partial charge in [-0.1, -0.05) is 35.9 Å². The molecule has 0 radical (unpaired) electrons. The van der Waals surface area contributed by atoms with Crippen LogP contribution in [0.25, 0.3) is 5.00 Å². The minimum absolute atomic E-state index is 0.161. The van der Waals surface area contributed by atoms with Crippen LogP contribution >= 0.6 is 22.9 Å². The van der Waals surface area contributed by atoms with Crippen molar-refractivity contribution < 1.29 is 9.53 Å². The van der Waals surface area contributed by atoms with Crippen LogP contribution in [0.5, 0.6) is 5.75 Å². The minimum atomic E-state index is -0.268. The summed E-state index contributed by atoms with van der Waals surface area (Å²) in [7, 11) is 1.62. The number of halogens is 1. The number of rotatable bonds is 3. The number of nitrogens with one attached hydrogen (secondary N) is 1. The molecule has 0 fully saturated rings. The Balaban J connectivity index is 1.50. The Morgan fingerprint density at radius 1 is 1.03 bits per heavy atom. The highest BCUT2D eigenvalue weighted by Gasteiger charge is 2.36. The normalized spacial score (nSPS) is 16.6. The fraction of sp³-hybridized carbons (Fsp3) is 0.250. The zero-order valence-electron chi connectivity index (χ0n) is 19.5. The van der Waals surface area contributed by atoms with Crippen LogP contribution in [-0.4, -0.2) is 22.6 Å². The molecule has 6 rings (SSSR count). The predicted molar refractivity (Wildman–Crippen MR) is 141 cm³/mol. The molecule has 178 valence electrons. The number of urea groups is 1. The van der Waals surface area contributed by atoms with Crippen LogP contribution in [0.2, 0.25) is 5.02 Å². The van der Waals surface area contributed by atoms with Gasteiger partial charge in [-0.15, -0.1) is 11.3 Å². The van der Waals surface area contributed by atoms with E-state index in [2.05, 4.69) is 28.2 Å². The molecule has 35 heavy (non-hydrogen) atoms. The number of anilines is 1. The van der Waals surface area contributed by atoms with Gasteiger partial charge in [0.2, 0.25) is 0 Å². The van der Waals surface area contributed by atoms with Crippen LogP contribution in [0.1, 0.15) is 46.1 Å². The number of aromatic nitrogens is 1. The Bertz CT molecular complexity index is 1390. The molecular weight excluding hydrogens is 478 g/mol. The number of hydrogen-bond acceptors (Lipinski definition) is 3. The zero-order valence-corrected chi connectivity index (χ0v) is 21.0.